The van der Waals surface area contributed by atoms with Crippen LogP contribution in [0.4, 0.5) is 0 Å². The quantitative estimate of drug-likeness (QED) is 0.154. The molecule has 0 nitrogen and oxygen atoms in total. The van der Waals surface area contributed by atoms with Gasteiger partial charge in [0.2, 0.25) is 0 Å². The topological polar surface area (TPSA) is 0 Å². The van der Waals surface area contributed by atoms with Gasteiger partial charge in [-0.1, -0.05) is 202 Å². The van der Waals surface area contributed by atoms with E-state index in [1.54, 1.807) is 0 Å². The van der Waals surface area contributed by atoms with Crippen LogP contribution in [0, 0.1) is 0 Å². The Morgan fingerprint density at radius 3 is 1.20 bits per heavy atom. The van der Waals surface area contributed by atoms with E-state index in [4.69, 9.17) is 0 Å². The maximum Gasteiger partial charge on any atom is 0.0159 e. The van der Waals surface area contributed by atoms with Crippen LogP contribution >= 0.6 is 0 Å². The smallest absolute Gasteiger partial charge is 0.0159 e. The molecule has 0 unspecified atom stereocenters. The molecule has 1 aliphatic rings. The van der Waals surface area contributed by atoms with Crippen molar-refractivity contribution in [2.45, 2.75) is 19.3 Å². The average Bonchev–Trinajstić information content (AvgIpc) is 3.52. The molecule has 11 aromatic carbocycles. The molecule has 0 heteroatoms. The fourth-order valence-corrected chi connectivity index (χ4v) is 10.0. The summed E-state index contributed by atoms with van der Waals surface area (Å²) < 4.78 is 0. The molecule has 11 aromatic rings. The molecule has 12 rings (SSSR count). The SMILES string of the molecule is CC1(C)c2cc(-c3ccc(-c4ccc(-c5ccc6ccccc6c5)cc4)cc3)ccc2-c2ccc(-c3ccc(-c4ccc5ccc6cccc7ccc4c5c67)cc3)cc21. The van der Waals surface area contributed by atoms with Crippen molar-refractivity contribution in [3.63, 3.8) is 0 Å². The van der Waals surface area contributed by atoms with Crippen LogP contribution in [0.5, 0.6) is 0 Å². The Hall–Kier alpha value is -7.28. The number of benzene rings is 11. The molecule has 1 aliphatic carbocycles. The normalized spacial score (nSPS) is 13.1. The summed E-state index contributed by atoms with van der Waals surface area (Å²) in [7, 11) is 0. The summed E-state index contributed by atoms with van der Waals surface area (Å²) in [5.74, 6) is 0. The lowest BCUT2D eigenvalue weighted by Gasteiger charge is -2.22. The zero-order valence-corrected chi connectivity index (χ0v) is 33.1. The van der Waals surface area contributed by atoms with Gasteiger partial charge in [-0.25, -0.2) is 0 Å². The number of hydrogen-bond acceptors (Lipinski definition) is 0. The summed E-state index contributed by atoms with van der Waals surface area (Å²) in [6, 6.07) is 76.9. The zero-order valence-electron chi connectivity index (χ0n) is 33.1. The molecule has 0 bridgehead atoms. The van der Waals surface area contributed by atoms with Crippen LogP contribution in [0.1, 0.15) is 25.0 Å². The number of hydrogen-bond donors (Lipinski definition) is 0. The fraction of sp³-hybridized carbons (Fsp3) is 0.0508. The minimum Gasteiger partial charge on any atom is -0.0616 e. The van der Waals surface area contributed by atoms with Crippen LogP contribution in [0.2, 0.25) is 0 Å². The van der Waals surface area contributed by atoms with Crippen molar-refractivity contribution in [2.75, 3.05) is 0 Å². The third kappa shape index (κ3) is 5.37. The van der Waals surface area contributed by atoms with Gasteiger partial charge in [0, 0.05) is 5.41 Å². The van der Waals surface area contributed by atoms with Crippen LogP contribution in [0.25, 0.3) is 110 Å². The van der Waals surface area contributed by atoms with E-state index in [2.05, 4.69) is 220 Å². The second-order valence-electron chi connectivity index (χ2n) is 16.9. The van der Waals surface area contributed by atoms with Crippen LogP contribution in [0.3, 0.4) is 0 Å². The van der Waals surface area contributed by atoms with Crippen LogP contribution in [-0.4, -0.2) is 0 Å². The van der Waals surface area contributed by atoms with Crippen molar-refractivity contribution in [1.29, 1.82) is 0 Å². The van der Waals surface area contributed by atoms with Crippen LogP contribution < -0.4 is 0 Å². The third-order valence-electron chi connectivity index (χ3n) is 13.3. The van der Waals surface area contributed by atoms with Crippen molar-refractivity contribution in [1.82, 2.24) is 0 Å². The Kier molecular flexibility index (Phi) is 7.38. The zero-order chi connectivity index (χ0) is 39.2. The maximum atomic E-state index is 2.43. The average molecular weight is 749 g/mol. The molecule has 0 radical (unpaired) electrons. The van der Waals surface area contributed by atoms with Crippen molar-refractivity contribution < 1.29 is 0 Å². The summed E-state index contributed by atoms with van der Waals surface area (Å²) in [5.41, 5.74) is 17.8. The van der Waals surface area contributed by atoms with Gasteiger partial charge in [0.15, 0.2) is 0 Å². The largest absolute Gasteiger partial charge is 0.0616 e. The van der Waals surface area contributed by atoms with E-state index < -0.39 is 0 Å². The van der Waals surface area contributed by atoms with E-state index in [1.807, 2.05) is 0 Å². The molecular weight excluding hydrogens is 709 g/mol. The van der Waals surface area contributed by atoms with Gasteiger partial charge in [-0.2, -0.15) is 0 Å². The molecule has 0 aromatic heterocycles. The molecule has 0 N–H and O–H groups in total. The van der Waals surface area contributed by atoms with Crippen molar-refractivity contribution >= 4 is 43.1 Å². The van der Waals surface area contributed by atoms with Gasteiger partial charge in [0.1, 0.15) is 0 Å². The highest BCUT2D eigenvalue weighted by atomic mass is 14.4. The highest BCUT2D eigenvalue weighted by Crippen LogP contribution is 2.51. The lowest BCUT2D eigenvalue weighted by molar-refractivity contribution is 0.661. The Labute approximate surface area is 345 Å². The summed E-state index contributed by atoms with van der Waals surface area (Å²) >= 11 is 0. The van der Waals surface area contributed by atoms with Gasteiger partial charge in [-0.05, 0) is 139 Å². The number of fused-ring (bicyclic) bond motifs is 4. The van der Waals surface area contributed by atoms with E-state index in [9.17, 15) is 0 Å². The molecule has 276 valence electrons. The second-order valence-corrected chi connectivity index (χ2v) is 16.9. The molecule has 59 heavy (non-hydrogen) atoms. The highest BCUT2D eigenvalue weighted by Gasteiger charge is 2.36. The van der Waals surface area contributed by atoms with Gasteiger partial charge in [-0.3, -0.25) is 0 Å². The minimum absolute atomic E-state index is 0.120. The van der Waals surface area contributed by atoms with Crippen molar-refractivity contribution in [2.24, 2.45) is 0 Å². The molecule has 0 saturated heterocycles. The van der Waals surface area contributed by atoms with Crippen LogP contribution in [-0.2, 0) is 5.41 Å². The monoisotopic (exact) mass is 748 g/mol. The predicted molar refractivity (Wildman–Crippen MR) is 252 cm³/mol. The summed E-state index contributed by atoms with van der Waals surface area (Å²) in [6.07, 6.45) is 0. The third-order valence-corrected chi connectivity index (χ3v) is 13.3. The van der Waals surface area contributed by atoms with E-state index in [-0.39, 0.29) is 5.41 Å². The number of rotatable bonds is 5. The lowest BCUT2D eigenvalue weighted by Crippen LogP contribution is -2.15. The van der Waals surface area contributed by atoms with Gasteiger partial charge in [0.05, 0.1) is 0 Å². The van der Waals surface area contributed by atoms with Gasteiger partial charge in [-0.15, -0.1) is 0 Å². The van der Waals surface area contributed by atoms with E-state index >= 15 is 0 Å². The van der Waals surface area contributed by atoms with Gasteiger partial charge >= 0.3 is 0 Å². The summed E-state index contributed by atoms with van der Waals surface area (Å²) in [6.45, 7) is 4.76. The Morgan fingerprint density at radius 1 is 0.254 bits per heavy atom. The molecule has 0 fully saturated rings. The minimum atomic E-state index is -0.120. The molecule has 0 atom stereocenters. The molecule has 0 aliphatic heterocycles. The predicted octanol–water partition coefficient (Wildman–Crippen LogP) is 16.4. The summed E-state index contributed by atoms with van der Waals surface area (Å²) in [5, 5.41) is 10.5. The van der Waals surface area contributed by atoms with Gasteiger partial charge < -0.3 is 0 Å². The maximum absolute atomic E-state index is 2.43. The molecule has 0 saturated carbocycles. The first kappa shape index (κ1) is 33.8. The Morgan fingerprint density at radius 2 is 0.627 bits per heavy atom. The first-order valence-electron chi connectivity index (χ1n) is 20.7. The van der Waals surface area contributed by atoms with E-state index in [0.29, 0.717) is 0 Å². The standard InChI is InChI=1S/C59H40/c1-59(2)55-35-49(41-16-12-39(13-17-41)38-10-14-40(15-11-38)48-25-20-37-6-3-4-7-47(37)34-48)28-31-52(55)53-32-29-50(36-56(53)59)42-18-21-43(22-19-42)51-30-26-46-24-23-44-8-5-9-45-27-33-54(51)58(46)57(44)45/h3-36H,1-2H3. The highest BCUT2D eigenvalue weighted by molar-refractivity contribution is 6.25. The van der Waals surface area contributed by atoms with Crippen molar-refractivity contribution in [3.8, 4) is 66.8 Å². The first-order chi connectivity index (χ1) is 29.0. The molecule has 0 amide bonds. The molecule has 0 heterocycles. The summed E-state index contributed by atoms with van der Waals surface area (Å²) in [4.78, 5) is 0. The van der Waals surface area contributed by atoms with E-state index in [1.165, 1.54) is 121 Å². The lowest BCUT2D eigenvalue weighted by atomic mass is 9.80. The Balaban J connectivity index is 0.806. The van der Waals surface area contributed by atoms with Crippen LogP contribution in [0.15, 0.2) is 206 Å². The Bertz CT molecular complexity index is 3400. The second kappa shape index (κ2) is 12.9. The van der Waals surface area contributed by atoms with Crippen molar-refractivity contribution in [3.05, 3.63) is 217 Å². The molecular formula is C59H40. The fourth-order valence-electron chi connectivity index (χ4n) is 10.0. The van der Waals surface area contributed by atoms with E-state index in [0.717, 1.165) is 0 Å². The molecule has 0 spiro atoms. The first-order valence-corrected chi connectivity index (χ1v) is 20.7. The van der Waals surface area contributed by atoms with Gasteiger partial charge in [0.25, 0.3) is 0 Å².